The van der Waals surface area contributed by atoms with Crippen LogP contribution in [0.2, 0.25) is 6.32 Å². The van der Waals surface area contributed by atoms with Gasteiger partial charge in [0.15, 0.2) is 0 Å². The average molecular weight is 320 g/mol. The van der Waals surface area contributed by atoms with Gasteiger partial charge in [-0.1, -0.05) is 71.1 Å². The van der Waals surface area contributed by atoms with Crippen LogP contribution in [-0.2, 0) is 9.31 Å². The Bertz CT molecular complexity index is 298. The van der Waals surface area contributed by atoms with E-state index in [1.54, 1.807) is 0 Å². The minimum absolute atomic E-state index is 0.103. The molecule has 0 unspecified atom stereocenters. The van der Waals surface area contributed by atoms with Crippen LogP contribution in [0.4, 0.5) is 0 Å². The molecule has 23 heavy (non-hydrogen) atoms. The van der Waals surface area contributed by atoms with Gasteiger partial charge < -0.3 is 9.31 Å². The summed E-state index contributed by atoms with van der Waals surface area (Å²) in [6, 6.07) is 0. The number of hydrogen-bond acceptors (Lipinski definition) is 2. The molecule has 1 saturated heterocycles. The van der Waals surface area contributed by atoms with Crippen LogP contribution >= 0.6 is 0 Å². The van der Waals surface area contributed by atoms with E-state index in [0.29, 0.717) is 12.2 Å². The molecule has 3 aliphatic rings. The van der Waals surface area contributed by atoms with E-state index in [4.69, 9.17) is 9.31 Å². The zero-order valence-electron chi connectivity index (χ0n) is 15.3. The van der Waals surface area contributed by atoms with Crippen molar-refractivity contribution in [3.63, 3.8) is 0 Å². The predicted molar refractivity (Wildman–Crippen MR) is 97.6 cm³/mol. The first-order valence-corrected chi connectivity index (χ1v) is 10.7. The standard InChI is InChI=1S/C20H37BO2/c1-2-3-4-11-16-21-22-19(17-12-7-5-8-13-17)20(23-21)18-14-9-6-10-15-18/h17-20H,2-16H2,1H3/t19-,20-/m1/s1. The van der Waals surface area contributed by atoms with Crippen LogP contribution in [0.3, 0.4) is 0 Å². The summed E-state index contributed by atoms with van der Waals surface area (Å²) in [5.41, 5.74) is 0. The second-order valence-corrected chi connectivity index (χ2v) is 8.28. The Morgan fingerprint density at radius 1 is 0.696 bits per heavy atom. The fourth-order valence-corrected chi connectivity index (χ4v) is 5.10. The molecule has 0 amide bonds. The molecule has 2 saturated carbocycles. The number of rotatable bonds is 7. The Morgan fingerprint density at radius 2 is 1.22 bits per heavy atom. The highest BCUT2D eigenvalue weighted by Gasteiger charge is 2.46. The van der Waals surface area contributed by atoms with Crippen molar-refractivity contribution in [3.8, 4) is 0 Å². The van der Waals surface area contributed by atoms with E-state index in [-0.39, 0.29) is 7.12 Å². The minimum Gasteiger partial charge on any atom is -0.405 e. The first-order valence-electron chi connectivity index (χ1n) is 10.7. The van der Waals surface area contributed by atoms with Crippen molar-refractivity contribution in [1.29, 1.82) is 0 Å². The third kappa shape index (κ3) is 4.98. The second kappa shape index (κ2) is 9.46. The van der Waals surface area contributed by atoms with Gasteiger partial charge in [-0.25, -0.2) is 0 Å². The van der Waals surface area contributed by atoms with Gasteiger partial charge in [0.25, 0.3) is 0 Å². The van der Waals surface area contributed by atoms with Crippen molar-refractivity contribution < 1.29 is 9.31 Å². The summed E-state index contributed by atoms with van der Waals surface area (Å²) in [6.45, 7) is 2.28. The van der Waals surface area contributed by atoms with Crippen molar-refractivity contribution in [2.24, 2.45) is 11.8 Å². The van der Waals surface area contributed by atoms with Gasteiger partial charge in [0.05, 0.1) is 12.2 Å². The lowest BCUT2D eigenvalue weighted by atomic mass is 9.77. The van der Waals surface area contributed by atoms with Crippen molar-refractivity contribution in [2.75, 3.05) is 0 Å². The highest BCUT2D eigenvalue weighted by Crippen LogP contribution is 2.41. The van der Waals surface area contributed by atoms with Crippen molar-refractivity contribution in [2.45, 2.75) is 115 Å². The molecule has 3 heteroatoms. The fraction of sp³-hybridized carbons (Fsp3) is 1.00. The van der Waals surface area contributed by atoms with Crippen LogP contribution in [-0.4, -0.2) is 19.3 Å². The van der Waals surface area contributed by atoms with Crippen LogP contribution in [0.15, 0.2) is 0 Å². The van der Waals surface area contributed by atoms with Crippen molar-refractivity contribution in [3.05, 3.63) is 0 Å². The van der Waals surface area contributed by atoms with E-state index >= 15 is 0 Å². The first kappa shape index (κ1) is 17.8. The maximum atomic E-state index is 6.52. The van der Waals surface area contributed by atoms with Gasteiger partial charge in [0.2, 0.25) is 0 Å². The van der Waals surface area contributed by atoms with Gasteiger partial charge >= 0.3 is 7.12 Å². The van der Waals surface area contributed by atoms with Gasteiger partial charge in [0.1, 0.15) is 0 Å². The van der Waals surface area contributed by atoms with Crippen LogP contribution in [0, 0.1) is 11.8 Å². The maximum absolute atomic E-state index is 6.52. The zero-order valence-corrected chi connectivity index (χ0v) is 15.3. The molecular formula is C20H37BO2. The molecule has 0 aromatic rings. The fourth-order valence-electron chi connectivity index (χ4n) is 5.10. The minimum atomic E-state index is 0.103. The average Bonchev–Trinajstić information content (AvgIpc) is 3.05. The Labute approximate surface area is 144 Å². The van der Waals surface area contributed by atoms with Crippen LogP contribution in [0.5, 0.6) is 0 Å². The Balaban J connectivity index is 1.56. The molecule has 2 atom stereocenters. The third-order valence-electron chi connectivity index (χ3n) is 6.46. The molecule has 1 heterocycles. The lowest BCUT2D eigenvalue weighted by Crippen LogP contribution is -2.38. The topological polar surface area (TPSA) is 18.5 Å². The molecule has 3 fully saturated rings. The molecule has 0 radical (unpaired) electrons. The number of hydrogen-bond donors (Lipinski definition) is 0. The Hall–Kier alpha value is -0.0151. The predicted octanol–water partition coefficient (Wildman–Crippen LogP) is 6.00. The SMILES string of the molecule is CCCCCCB1O[C@H](C2CCCCC2)[C@@H](C2CCCCC2)O1. The van der Waals surface area contributed by atoms with E-state index in [2.05, 4.69) is 6.92 Å². The summed E-state index contributed by atoms with van der Waals surface area (Å²) in [5.74, 6) is 1.55. The molecule has 132 valence electrons. The normalized spacial score (nSPS) is 30.9. The molecule has 1 aliphatic heterocycles. The van der Waals surface area contributed by atoms with Gasteiger partial charge in [0, 0.05) is 0 Å². The molecule has 0 aromatic heterocycles. The number of unbranched alkanes of at least 4 members (excludes halogenated alkanes) is 3. The summed E-state index contributed by atoms with van der Waals surface area (Å²) >= 11 is 0. The van der Waals surface area contributed by atoms with Gasteiger partial charge in [-0.15, -0.1) is 0 Å². The third-order valence-corrected chi connectivity index (χ3v) is 6.46. The zero-order chi connectivity index (χ0) is 15.9. The van der Waals surface area contributed by atoms with Gasteiger partial charge in [-0.05, 0) is 43.8 Å². The van der Waals surface area contributed by atoms with E-state index in [0.717, 1.165) is 18.2 Å². The van der Waals surface area contributed by atoms with Crippen LogP contribution in [0.1, 0.15) is 96.8 Å². The van der Waals surface area contributed by atoms with Crippen LogP contribution in [0.25, 0.3) is 0 Å². The first-order chi connectivity index (χ1) is 11.4. The lowest BCUT2D eigenvalue weighted by Gasteiger charge is -2.35. The monoisotopic (exact) mass is 320 g/mol. The maximum Gasteiger partial charge on any atom is 0.457 e. The van der Waals surface area contributed by atoms with E-state index in [9.17, 15) is 0 Å². The Kier molecular flexibility index (Phi) is 7.32. The highest BCUT2D eigenvalue weighted by molar-refractivity contribution is 6.45. The van der Waals surface area contributed by atoms with E-state index in [1.807, 2.05) is 0 Å². The lowest BCUT2D eigenvalue weighted by molar-refractivity contribution is 0.0324. The van der Waals surface area contributed by atoms with Crippen LogP contribution < -0.4 is 0 Å². The van der Waals surface area contributed by atoms with E-state index in [1.165, 1.54) is 89.9 Å². The van der Waals surface area contributed by atoms with Gasteiger partial charge in [-0.3, -0.25) is 0 Å². The molecule has 0 spiro atoms. The molecule has 2 nitrogen and oxygen atoms in total. The smallest absolute Gasteiger partial charge is 0.405 e. The summed E-state index contributed by atoms with van der Waals surface area (Å²) in [5, 5.41) is 0. The summed E-state index contributed by atoms with van der Waals surface area (Å²) in [7, 11) is 0.103. The van der Waals surface area contributed by atoms with Crippen molar-refractivity contribution in [1.82, 2.24) is 0 Å². The second-order valence-electron chi connectivity index (χ2n) is 8.28. The highest BCUT2D eigenvalue weighted by atomic mass is 16.7. The molecule has 2 aliphatic carbocycles. The largest absolute Gasteiger partial charge is 0.457 e. The summed E-state index contributed by atoms with van der Waals surface area (Å²) in [6.07, 6.45) is 21.2. The molecule has 3 rings (SSSR count). The van der Waals surface area contributed by atoms with E-state index < -0.39 is 0 Å². The molecule has 0 bridgehead atoms. The quantitative estimate of drug-likeness (QED) is 0.423. The molecule has 0 aromatic carbocycles. The summed E-state index contributed by atoms with van der Waals surface area (Å²) in [4.78, 5) is 0. The molecule has 0 N–H and O–H groups in total. The summed E-state index contributed by atoms with van der Waals surface area (Å²) < 4.78 is 13.0. The van der Waals surface area contributed by atoms with Gasteiger partial charge in [-0.2, -0.15) is 0 Å². The Morgan fingerprint density at radius 3 is 1.70 bits per heavy atom. The van der Waals surface area contributed by atoms with Crippen molar-refractivity contribution >= 4 is 7.12 Å². The molecular weight excluding hydrogens is 283 g/mol.